The van der Waals surface area contributed by atoms with Crippen LogP contribution in [0.5, 0.6) is 11.5 Å². The summed E-state index contributed by atoms with van der Waals surface area (Å²) in [5.74, 6) is 2.55. The molecule has 8 heteroatoms. The zero-order chi connectivity index (χ0) is 21.0. The Kier molecular flexibility index (Phi) is 5.47. The molecule has 0 aliphatic heterocycles. The van der Waals surface area contributed by atoms with Crippen LogP contribution in [-0.2, 0) is 19.0 Å². The molecular weight excluding hydrogens is 393 g/mol. The lowest BCUT2D eigenvalue weighted by Gasteiger charge is -2.07. The lowest BCUT2D eigenvalue weighted by atomic mass is 10.1. The topological polar surface area (TPSA) is 63.7 Å². The molecule has 1 N–H and O–H groups in total. The number of H-pyrrole nitrogens is 1. The summed E-state index contributed by atoms with van der Waals surface area (Å²) in [6.45, 7) is 0. The van der Waals surface area contributed by atoms with Gasteiger partial charge < -0.3 is 4.74 Å². The molecule has 0 radical (unpaired) electrons. The largest absolute Gasteiger partial charge is 0.457 e. The van der Waals surface area contributed by atoms with Crippen LogP contribution in [0.25, 0.3) is 11.4 Å². The third-order valence-electron chi connectivity index (χ3n) is 4.39. The van der Waals surface area contributed by atoms with Crippen LogP contribution in [0.2, 0.25) is 0 Å². The highest BCUT2D eigenvalue weighted by molar-refractivity contribution is 5.56. The van der Waals surface area contributed by atoms with Crippen LogP contribution < -0.4 is 4.74 Å². The molecule has 0 saturated heterocycles. The van der Waals surface area contributed by atoms with Crippen LogP contribution in [0.15, 0.2) is 72.9 Å². The molecule has 2 aromatic heterocycles. The van der Waals surface area contributed by atoms with Crippen molar-refractivity contribution < 1.29 is 17.9 Å². The van der Waals surface area contributed by atoms with Crippen molar-refractivity contribution in [2.24, 2.45) is 0 Å². The Morgan fingerprint density at radius 2 is 1.60 bits per heavy atom. The molecule has 5 nitrogen and oxygen atoms in total. The van der Waals surface area contributed by atoms with E-state index in [9.17, 15) is 13.2 Å². The number of alkyl halides is 3. The molecule has 0 saturated carbocycles. The van der Waals surface area contributed by atoms with Gasteiger partial charge in [0, 0.05) is 18.2 Å². The maximum absolute atomic E-state index is 12.8. The summed E-state index contributed by atoms with van der Waals surface area (Å²) < 4.78 is 44.1. The Labute approximate surface area is 170 Å². The van der Waals surface area contributed by atoms with E-state index < -0.39 is 11.9 Å². The molecule has 2 heterocycles. The maximum Gasteiger partial charge on any atom is 0.433 e. The van der Waals surface area contributed by atoms with Gasteiger partial charge in [-0.25, -0.2) is 4.98 Å². The minimum Gasteiger partial charge on any atom is -0.457 e. The monoisotopic (exact) mass is 410 g/mol. The lowest BCUT2D eigenvalue weighted by molar-refractivity contribution is -0.141. The number of hydrogen-bond acceptors (Lipinski definition) is 4. The highest BCUT2D eigenvalue weighted by Gasteiger charge is 2.32. The van der Waals surface area contributed by atoms with Gasteiger partial charge in [-0.2, -0.15) is 18.3 Å². The number of nitrogens with one attached hydrogen (secondary N) is 1. The first kappa shape index (κ1) is 19.6. The first-order valence-electron chi connectivity index (χ1n) is 9.24. The quantitative estimate of drug-likeness (QED) is 0.458. The van der Waals surface area contributed by atoms with Crippen LogP contribution >= 0.6 is 0 Å². The van der Waals surface area contributed by atoms with E-state index in [-0.39, 0.29) is 0 Å². The molecule has 0 fully saturated rings. The van der Waals surface area contributed by atoms with Crippen LogP contribution in [0.1, 0.15) is 17.1 Å². The summed E-state index contributed by atoms with van der Waals surface area (Å²) in [7, 11) is 0. The summed E-state index contributed by atoms with van der Waals surface area (Å²) in [6, 6.07) is 19.4. The molecule has 0 unspecified atom stereocenters. The van der Waals surface area contributed by atoms with Gasteiger partial charge in [-0.05, 0) is 60.5 Å². The molecule has 0 aliphatic rings. The fourth-order valence-electron chi connectivity index (χ4n) is 2.88. The third-order valence-corrected chi connectivity index (χ3v) is 4.39. The van der Waals surface area contributed by atoms with E-state index in [4.69, 9.17) is 4.74 Å². The highest BCUT2D eigenvalue weighted by atomic mass is 19.4. The van der Waals surface area contributed by atoms with Crippen LogP contribution in [0, 0.1) is 0 Å². The van der Waals surface area contributed by atoms with Gasteiger partial charge in [0.2, 0.25) is 0 Å². The summed E-state index contributed by atoms with van der Waals surface area (Å²) in [4.78, 5) is 7.81. The van der Waals surface area contributed by atoms with Gasteiger partial charge in [-0.3, -0.25) is 10.1 Å². The van der Waals surface area contributed by atoms with E-state index in [2.05, 4.69) is 20.2 Å². The second-order valence-corrected chi connectivity index (χ2v) is 6.59. The normalized spacial score (nSPS) is 11.4. The number of halogens is 3. The van der Waals surface area contributed by atoms with E-state index in [1.54, 1.807) is 6.07 Å². The number of pyridine rings is 1. The number of nitrogens with zero attached hydrogens (tertiary/aromatic N) is 3. The fourth-order valence-corrected chi connectivity index (χ4v) is 2.88. The standard InChI is InChI=1S/C22H17F3N4O/c23-22(24,25)19-14-15(12-13-26-19)6-11-20-27-21(29-28-20)16-7-9-18(10-8-16)30-17-4-2-1-3-5-17/h1-5,7-10,12-14H,6,11H2,(H,27,28,29). The SMILES string of the molecule is FC(F)(F)c1cc(CCc2nc(-c3ccc(Oc4ccccc4)cc3)n[nH]2)ccn1. The van der Waals surface area contributed by atoms with Crippen molar-refractivity contribution in [1.29, 1.82) is 0 Å². The second-order valence-electron chi connectivity index (χ2n) is 6.59. The molecule has 2 aromatic carbocycles. The smallest absolute Gasteiger partial charge is 0.433 e. The number of para-hydroxylation sites is 1. The Bertz CT molecular complexity index is 1110. The zero-order valence-corrected chi connectivity index (χ0v) is 15.7. The minimum atomic E-state index is -4.45. The minimum absolute atomic E-state index is 0.393. The molecular formula is C22H17F3N4O. The third kappa shape index (κ3) is 4.83. The Hall–Kier alpha value is -3.68. The maximum atomic E-state index is 12.8. The van der Waals surface area contributed by atoms with Crippen molar-refractivity contribution in [2.75, 3.05) is 0 Å². The van der Waals surface area contributed by atoms with Crippen LogP contribution in [0.4, 0.5) is 13.2 Å². The van der Waals surface area contributed by atoms with Crippen molar-refractivity contribution in [2.45, 2.75) is 19.0 Å². The summed E-state index contributed by atoms with van der Waals surface area (Å²) in [6.07, 6.45) is -2.46. The predicted octanol–water partition coefficient (Wildman–Crippen LogP) is 5.46. The van der Waals surface area contributed by atoms with Crippen molar-refractivity contribution >= 4 is 0 Å². The first-order valence-corrected chi connectivity index (χ1v) is 9.24. The van der Waals surface area contributed by atoms with Crippen molar-refractivity contribution in [3.63, 3.8) is 0 Å². The predicted molar refractivity (Wildman–Crippen MR) is 105 cm³/mol. The number of hydrogen-bond donors (Lipinski definition) is 1. The Morgan fingerprint density at radius 1 is 0.867 bits per heavy atom. The number of aromatic nitrogens is 4. The average Bonchev–Trinajstić information content (AvgIpc) is 3.22. The molecule has 152 valence electrons. The number of benzene rings is 2. The van der Waals surface area contributed by atoms with Gasteiger partial charge in [0.15, 0.2) is 5.82 Å². The summed E-state index contributed by atoms with van der Waals surface area (Å²) >= 11 is 0. The molecule has 0 amide bonds. The van der Waals surface area contributed by atoms with Crippen molar-refractivity contribution in [1.82, 2.24) is 20.2 Å². The van der Waals surface area contributed by atoms with Gasteiger partial charge in [-0.1, -0.05) is 18.2 Å². The second kappa shape index (κ2) is 8.36. The zero-order valence-electron chi connectivity index (χ0n) is 15.7. The van der Waals surface area contributed by atoms with Gasteiger partial charge in [0.25, 0.3) is 0 Å². The lowest BCUT2D eigenvalue weighted by Crippen LogP contribution is -2.08. The van der Waals surface area contributed by atoms with Crippen molar-refractivity contribution in [3.8, 4) is 22.9 Å². The summed E-state index contributed by atoms with van der Waals surface area (Å²) in [5, 5.41) is 7.04. The Morgan fingerprint density at radius 3 is 2.33 bits per heavy atom. The molecule has 0 bridgehead atoms. The van der Waals surface area contributed by atoms with Gasteiger partial charge in [0.1, 0.15) is 23.0 Å². The van der Waals surface area contributed by atoms with Gasteiger partial charge in [0.05, 0.1) is 0 Å². The molecule has 30 heavy (non-hydrogen) atoms. The number of rotatable bonds is 6. The molecule has 0 spiro atoms. The number of aromatic amines is 1. The van der Waals surface area contributed by atoms with E-state index >= 15 is 0 Å². The highest BCUT2D eigenvalue weighted by Crippen LogP contribution is 2.28. The van der Waals surface area contributed by atoms with Gasteiger partial charge in [-0.15, -0.1) is 0 Å². The van der Waals surface area contributed by atoms with Crippen LogP contribution in [0.3, 0.4) is 0 Å². The van der Waals surface area contributed by atoms with E-state index in [1.807, 2.05) is 54.6 Å². The van der Waals surface area contributed by atoms with Crippen molar-refractivity contribution in [3.05, 3.63) is 90.0 Å². The summed E-state index contributed by atoms with van der Waals surface area (Å²) in [5.41, 5.74) is 0.454. The Balaban J connectivity index is 1.39. The molecule has 0 atom stereocenters. The van der Waals surface area contributed by atoms with E-state index in [1.165, 1.54) is 6.20 Å². The molecule has 4 rings (SSSR count). The first-order chi connectivity index (χ1) is 14.5. The van der Waals surface area contributed by atoms with Gasteiger partial charge >= 0.3 is 6.18 Å². The number of ether oxygens (including phenoxy) is 1. The fraction of sp³-hybridized carbons (Fsp3) is 0.136. The molecule has 0 aliphatic carbocycles. The van der Waals surface area contributed by atoms with E-state index in [0.717, 1.165) is 17.4 Å². The van der Waals surface area contributed by atoms with E-state index in [0.29, 0.717) is 35.8 Å². The molecule has 4 aromatic rings. The average molecular weight is 410 g/mol. The number of aryl methyl sites for hydroxylation is 2. The van der Waals surface area contributed by atoms with Crippen LogP contribution in [-0.4, -0.2) is 20.2 Å².